The van der Waals surface area contributed by atoms with E-state index in [1.165, 1.54) is 5.56 Å². The number of carbonyl (C=O) groups is 1. The first-order valence-corrected chi connectivity index (χ1v) is 9.26. The van der Waals surface area contributed by atoms with Crippen LogP contribution in [0.3, 0.4) is 0 Å². The van der Waals surface area contributed by atoms with Gasteiger partial charge in [-0.1, -0.05) is 5.16 Å². The highest BCUT2D eigenvalue weighted by atomic mass is 16.5. The molecule has 1 spiro atoms. The quantitative estimate of drug-likeness (QED) is 0.840. The lowest BCUT2D eigenvalue weighted by Crippen LogP contribution is -2.42. The summed E-state index contributed by atoms with van der Waals surface area (Å²) in [4.78, 5) is 25.2. The highest BCUT2D eigenvalue weighted by molar-refractivity contribution is 5.92. The number of hydrogen-bond donors (Lipinski definition) is 0. The SMILES string of the molecule is Cc1noc(C)c1CN1CCC2(CC1)CCN(C(=O)c1cnccn1)C2. The van der Waals surface area contributed by atoms with Gasteiger partial charge in [-0.05, 0) is 51.6 Å². The number of rotatable bonds is 3. The summed E-state index contributed by atoms with van der Waals surface area (Å²) >= 11 is 0. The van der Waals surface area contributed by atoms with Gasteiger partial charge in [0, 0.05) is 37.6 Å². The van der Waals surface area contributed by atoms with Crippen molar-refractivity contribution in [2.75, 3.05) is 26.2 Å². The molecule has 7 heteroatoms. The molecule has 0 N–H and O–H groups in total. The molecule has 0 radical (unpaired) electrons. The van der Waals surface area contributed by atoms with Crippen molar-refractivity contribution in [2.24, 2.45) is 5.41 Å². The second-order valence-electron chi connectivity index (χ2n) is 7.65. The molecule has 2 aromatic rings. The number of carbonyl (C=O) groups excluding carboxylic acids is 1. The first-order valence-electron chi connectivity index (χ1n) is 9.26. The molecule has 2 fully saturated rings. The molecule has 138 valence electrons. The Balaban J connectivity index is 1.35. The summed E-state index contributed by atoms with van der Waals surface area (Å²) in [5.74, 6) is 0.928. The van der Waals surface area contributed by atoms with Crippen molar-refractivity contribution in [3.63, 3.8) is 0 Å². The molecule has 0 atom stereocenters. The van der Waals surface area contributed by atoms with Gasteiger partial charge in [0.1, 0.15) is 11.5 Å². The van der Waals surface area contributed by atoms with Gasteiger partial charge in [-0.2, -0.15) is 0 Å². The Labute approximate surface area is 153 Å². The van der Waals surface area contributed by atoms with Gasteiger partial charge in [-0.25, -0.2) is 4.98 Å². The zero-order valence-electron chi connectivity index (χ0n) is 15.4. The van der Waals surface area contributed by atoms with Crippen LogP contribution >= 0.6 is 0 Å². The molecule has 0 aromatic carbocycles. The summed E-state index contributed by atoms with van der Waals surface area (Å²) in [7, 11) is 0. The molecule has 1 amide bonds. The van der Waals surface area contributed by atoms with Crippen molar-refractivity contribution in [1.82, 2.24) is 24.9 Å². The van der Waals surface area contributed by atoms with Crippen molar-refractivity contribution in [2.45, 2.75) is 39.7 Å². The van der Waals surface area contributed by atoms with Gasteiger partial charge in [0.2, 0.25) is 0 Å². The third-order valence-electron chi connectivity index (χ3n) is 5.99. The van der Waals surface area contributed by atoms with E-state index in [0.717, 1.165) is 63.4 Å². The van der Waals surface area contributed by atoms with Gasteiger partial charge in [0.05, 0.1) is 11.9 Å². The standard InChI is InChI=1S/C19H25N5O2/c1-14-16(15(2)26-22-14)12-23-8-3-19(4-9-23)5-10-24(13-19)18(25)17-11-20-6-7-21-17/h6-7,11H,3-5,8-10,12-13H2,1-2H3. The summed E-state index contributed by atoms with van der Waals surface area (Å²) < 4.78 is 5.28. The molecule has 0 bridgehead atoms. The molecule has 2 aliphatic heterocycles. The third kappa shape index (κ3) is 3.23. The Morgan fingerprint density at radius 2 is 1.96 bits per heavy atom. The van der Waals surface area contributed by atoms with E-state index < -0.39 is 0 Å². The molecule has 2 aliphatic rings. The molecule has 4 rings (SSSR count). The summed E-state index contributed by atoms with van der Waals surface area (Å²) in [5.41, 5.74) is 2.91. The maximum atomic E-state index is 12.6. The molecule has 0 unspecified atom stereocenters. The molecular formula is C19H25N5O2. The maximum Gasteiger partial charge on any atom is 0.274 e. The largest absolute Gasteiger partial charge is 0.361 e. The highest BCUT2D eigenvalue weighted by Gasteiger charge is 2.42. The Kier molecular flexibility index (Phi) is 4.48. The van der Waals surface area contributed by atoms with Gasteiger partial charge in [0.15, 0.2) is 0 Å². The van der Waals surface area contributed by atoms with Crippen LogP contribution in [0.25, 0.3) is 0 Å². The van der Waals surface area contributed by atoms with Gasteiger partial charge in [-0.15, -0.1) is 0 Å². The van der Waals surface area contributed by atoms with E-state index in [9.17, 15) is 4.79 Å². The van der Waals surface area contributed by atoms with E-state index in [1.54, 1.807) is 18.6 Å². The van der Waals surface area contributed by atoms with Crippen LogP contribution in [-0.4, -0.2) is 57.0 Å². The van der Waals surface area contributed by atoms with Crippen LogP contribution in [0.5, 0.6) is 0 Å². The monoisotopic (exact) mass is 355 g/mol. The number of nitrogens with zero attached hydrogens (tertiary/aromatic N) is 5. The van der Waals surface area contributed by atoms with Crippen molar-refractivity contribution in [3.8, 4) is 0 Å². The fourth-order valence-corrected chi connectivity index (χ4v) is 4.22. The average molecular weight is 355 g/mol. The normalized spacial score (nSPS) is 20.0. The van der Waals surface area contributed by atoms with Crippen LogP contribution in [0, 0.1) is 19.3 Å². The average Bonchev–Trinajstić information content (AvgIpc) is 3.22. The number of piperidine rings is 1. The second kappa shape index (κ2) is 6.79. The Morgan fingerprint density at radius 3 is 2.62 bits per heavy atom. The Hall–Kier alpha value is -2.28. The smallest absolute Gasteiger partial charge is 0.274 e. The van der Waals surface area contributed by atoms with E-state index in [4.69, 9.17) is 4.52 Å². The summed E-state index contributed by atoms with van der Waals surface area (Å²) in [6.07, 6.45) is 8.06. The molecule has 7 nitrogen and oxygen atoms in total. The lowest BCUT2D eigenvalue weighted by Gasteiger charge is -2.39. The van der Waals surface area contributed by atoms with Crippen LogP contribution in [-0.2, 0) is 6.54 Å². The molecular weight excluding hydrogens is 330 g/mol. The molecule has 2 saturated heterocycles. The second-order valence-corrected chi connectivity index (χ2v) is 7.65. The van der Waals surface area contributed by atoms with Crippen LogP contribution in [0.2, 0.25) is 0 Å². The summed E-state index contributed by atoms with van der Waals surface area (Å²) in [6.45, 7) is 8.65. The van der Waals surface area contributed by atoms with Gasteiger partial charge in [-0.3, -0.25) is 14.7 Å². The van der Waals surface area contributed by atoms with Gasteiger partial charge < -0.3 is 9.42 Å². The first-order chi connectivity index (χ1) is 12.6. The number of hydrogen-bond acceptors (Lipinski definition) is 6. The number of aryl methyl sites for hydroxylation is 2. The molecule has 4 heterocycles. The highest BCUT2D eigenvalue weighted by Crippen LogP contribution is 2.41. The predicted octanol–water partition coefficient (Wildman–Crippen LogP) is 2.21. The lowest BCUT2D eigenvalue weighted by molar-refractivity contribution is 0.0707. The van der Waals surface area contributed by atoms with E-state index in [-0.39, 0.29) is 11.3 Å². The first kappa shape index (κ1) is 17.1. The molecule has 26 heavy (non-hydrogen) atoms. The van der Waals surface area contributed by atoms with Gasteiger partial charge >= 0.3 is 0 Å². The zero-order valence-corrected chi connectivity index (χ0v) is 15.4. The van der Waals surface area contributed by atoms with E-state index in [2.05, 4.69) is 20.0 Å². The maximum absolute atomic E-state index is 12.6. The Bertz CT molecular complexity index is 761. The minimum atomic E-state index is 0.00752. The Morgan fingerprint density at radius 1 is 1.19 bits per heavy atom. The fraction of sp³-hybridized carbons (Fsp3) is 0.579. The summed E-state index contributed by atoms with van der Waals surface area (Å²) in [5, 5.41) is 4.05. The number of aromatic nitrogens is 3. The van der Waals surface area contributed by atoms with Crippen LogP contribution in [0.4, 0.5) is 0 Å². The van der Waals surface area contributed by atoms with Gasteiger partial charge in [0.25, 0.3) is 5.91 Å². The van der Waals surface area contributed by atoms with Crippen molar-refractivity contribution in [1.29, 1.82) is 0 Å². The van der Waals surface area contributed by atoms with Crippen molar-refractivity contribution in [3.05, 3.63) is 41.3 Å². The fourth-order valence-electron chi connectivity index (χ4n) is 4.22. The minimum absolute atomic E-state index is 0.00752. The minimum Gasteiger partial charge on any atom is -0.361 e. The predicted molar refractivity (Wildman–Crippen MR) is 95.5 cm³/mol. The third-order valence-corrected chi connectivity index (χ3v) is 5.99. The topological polar surface area (TPSA) is 75.4 Å². The van der Waals surface area contributed by atoms with E-state index >= 15 is 0 Å². The van der Waals surface area contributed by atoms with Crippen molar-refractivity contribution < 1.29 is 9.32 Å². The van der Waals surface area contributed by atoms with Crippen LogP contribution < -0.4 is 0 Å². The van der Waals surface area contributed by atoms with Crippen molar-refractivity contribution >= 4 is 5.91 Å². The van der Waals surface area contributed by atoms with Crippen LogP contribution in [0.1, 0.15) is 46.8 Å². The number of likely N-dealkylation sites (tertiary alicyclic amines) is 2. The lowest BCUT2D eigenvalue weighted by atomic mass is 9.77. The zero-order chi connectivity index (χ0) is 18.1. The molecule has 2 aromatic heterocycles. The molecule has 0 saturated carbocycles. The van der Waals surface area contributed by atoms with E-state index in [1.807, 2.05) is 18.7 Å². The number of amides is 1. The summed E-state index contributed by atoms with van der Waals surface area (Å²) in [6, 6.07) is 0. The van der Waals surface area contributed by atoms with Crippen LogP contribution in [0.15, 0.2) is 23.1 Å². The molecule has 0 aliphatic carbocycles. The van der Waals surface area contributed by atoms with E-state index in [0.29, 0.717) is 5.69 Å².